The summed E-state index contributed by atoms with van der Waals surface area (Å²) in [6, 6.07) is 8.06. The predicted molar refractivity (Wildman–Crippen MR) is 114 cm³/mol. The second kappa shape index (κ2) is 8.57. The third kappa shape index (κ3) is 4.32. The number of ether oxygens (including phenoxy) is 1. The summed E-state index contributed by atoms with van der Waals surface area (Å²) in [6.07, 6.45) is 3.69. The van der Waals surface area contributed by atoms with E-state index in [9.17, 15) is 4.79 Å². The molecule has 0 bridgehead atoms. The number of benzene rings is 1. The van der Waals surface area contributed by atoms with E-state index in [1.165, 1.54) is 0 Å². The van der Waals surface area contributed by atoms with Crippen LogP contribution in [0.4, 0.5) is 0 Å². The van der Waals surface area contributed by atoms with Gasteiger partial charge < -0.3 is 14.2 Å². The van der Waals surface area contributed by atoms with Crippen LogP contribution in [0.3, 0.4) is 0 Å². The molecule has 3 heterocycles. The number of rotatable bonds is 5. The molecule has 0 aliphatic carbocycles. The maximum absolute atomic E-state index is 13.2. The first-order valence-electron chi connectivity index (χ1n) is 10.7. The molecule has 4 rings (SSSR count). The van der Waals surface area contributed by atoms with Gasteiger partial charge in [0.1, 0.15) is 11.6 Å². The van der Waals surface area contributed by atoms with Crippen LogP contribution >= 0.6 is 0 Å². The minimum Gasteiger partial charge on any atom is -0.497 e. The molecule has 2 aliphatic heterocycles. The topological polar surface area (TPSA) is 50.6 Å². The highest BCUT2D eigenvalue weighted by Gasteiger charge is 2.31. The standard InChI is InChI=1S/C23H32N4O2/c1-17(2)15-25-10-12-26(13-11-25)23(28)19-6-9-22-24-14-21(27(22)16-19)18-4-7-20(29-3)8-5-18/h4-5,7-8,14,17,19H,6,9-13,15-16H2,1-3H3. The molecule has 2 aliphatic rings. The lowest BCUT2D eigenvalue weighted by Crippen LogP contribution is -2.51. The number of carbonyl (C=O) groups excluding carboxylic acids is 1. The van der Waals surface area contributed by atoms with Crippen LogP contribution in [0.15, 0.2) is 30.5 Å². The highest BCUT2D eigenvalue weighted by Crippen LogP contribution is 2.29. The Kier molecular flexibility index (Phi) is 5.90. The highest BCUT2D eigenvalue weighted by molar-refractivity contribution is 5.79. The Morgan fingerprint density at radius 2 is 1.90 bits per heavy atom. The number of imidazole rings is 1. The zero-order chi connectivity index (χ0) is 20.4. The molecule has 6 nitrogen and oxygen atoms in total. The van der Waals surface area contributed by atoms with Crippen molar-refractivity contribution in [3.8, 4) is 17.0 Å². The average Bonchev–Trinajstić information content (AvgIpc) is 3.16. The van der Waals surface area contributed by atoms with Gasteiger partial charge in [0.2, 0.25) is 5.91 Å². The summed E-state index contributed by atoms with van der Waals surface area (Å²) in [5, 5.41) is 0. The Morgan fingerprint density at radius 3 is 2.55 bits per heavy atom. The van der Waals surface area contributed by atoms with Gasteiger partial charge in [-0.1, -0.05) is 13.8 Å². The van der Waals surface area contributed by atoms with Crippen molar-refractivity contribution in [2.45, 2.75) is 33.2 Å². The summed E-state index contributed by atoms with van der Waals surface area (Å²) < 4.78 is 7.51. The summed E-state index contributed by atoms with van der Waals surface area (Å²) >= 11 is 0. The summed E-state index contributed by atoms with van der Waals surface area (Å²) in [5.41, 5.74) is 2.20. The number of aryl methyl sites for hydroxylation is 1. The van der Waals surface area contributed by atoms with Crippen LogP contribution < -0.4 is 4.74 Å². The fourth-order valence-corrected chi connectivity index (χ4v) is 4.55. The Bertz CT molecular complexity index is 835. The lowest BCUT2D eigenvalue weighted by atomic mass is 9.97. The number of amides is 1. The zero-order valence-electron chi connectivity index (χ0n) is 17.8. The highest BCUT2D eigenvalue weighted by atomic mass is 16.5. The van der Waals surface area contributed by atoms with Crippen molar-refractivity contribution in [2.75, 3.05) is 39.8 Å². The van der Waals surface area contributed by atoms with Gasteiger partial charge in [-0.25, -0.2) is 4.98 Å². The van der Waals surface area contributed by atoms with Gasteiger partial charge in [-0.15, -0.1) is 0 Å². The summed E-state index contributed by atoms with van der Waals surface area (Å²) in [7, 11) is 1.68. The molecule has 1 fully saturated rings. The molecule has 1 unspecified atom stereocenters. The quantitative estimate of drug-likeness (QED) is 0.780. The van der Waals surface area contributed by atoms with Crippen molar-refractivity contribution in [1.29, 1.82) is 0 Å². The van der Waals surface area contributed by atoms with Gasteiger partial charge in [-0.3, -0.25) is 9.69 Å². The average molecular weight is 397 g/mol. The van der Waals surface area contributed by atoms with Gasteiger partial charge in [-0.05, 0) is 36.6 Å². The van der Waals surface area contributed by atoms with E-state index in [2.05, 4.69) is 45.3 Å². The predicted octanol–water partition coefficient (Wildman–Crippen LogP) is 2.92. The molecule has 1 atom stereocenters. The van der Waals surface area contributed by atoms with E-state index in [0.717, 1.165) is 74.9 Å². The van der Waals surface area contributed by atoms with Gasteiger partial charge in [0.25, 0.3) is 0 Å². The maximum atomic E-state index is 13.2. The normalized spacial score (nSPS) is 20.0. The van der Waals surface area contributed by atoms with Crippen LogP contribution in [0.5, 0.6) is 5.75 Å². The smallest absolute Gasteiger partial charge is 0.227 e. The number of fused-ring (bicyclic) bond motifs is 1. The molecule has 1 aromatic heterocycles. The Balaban J connectivity index is 1.43. The van der Waals surface area contributed by atoms with Gasteiger partial charge >= 0.3 is 0 Å². The van der Waals surface area contributed by atoms with Crippen LogP contribution in [-0.4, -0.2) is 65.1 Å². The Morgan fingerprint density at radius 1 is 1.17 bits per heavy atom. The molecule has 0 N–H and O–H groups in total. The maximum Gasteiger partial charge on any atom is 0.227 e. The molecule has 1 saturated heterocycles. The molecule has 156 valence electrons. The van der Waals surface area contributed by atoms with Crippen LogP contribution in [0.2, 0.25) is 0 Å². The number of hydrogen-bond acceptors (Lipinski definition) is 4. The van der Waals surface area contributed by atoms with Gasteiger partial charge in [-0.2, -0.15) is 0 Å². The minimum atomic E-state index is 0.0466. The van der Waals surface area contributed by atoms with E-state index in [1.807, 2.05) is 18.3 Å². The van der Waals surface area contributed by atoms with E-state index in [4.69, 9.17) is 4.74 Å². The molecule has 1 aromatic carbocycles. The summed E-state index contributed by atoms with van der Waals surface area (Å²) in [6.45, 7) is 10.0. The lowest BCUT2D eigenvalue weighted by molar-refractivity contribution is -0.138. The molecule has 1 amide bonds. The van der Waals surface area contributed by atoms with Crippen molar-refractivity contribution in [3.63, 3.8) is 0 Å². The number of aromatic nitrogens is 2. The van der Waals surface area contributed by atoms with Crippen molar-refractivity contribution in [1.82, 2.24) is 19.4 Å². The molecule has 29 heavy (non-hydrogen) atoms. The largest absolute Gasteiger partial charge is 0.497 e. The molecule has 6 heteroatoms. The number of hydrogen-bond donors (Lipinski definition) is 0. The molecular weight excluding hydrogens is 364 g/mol. The van der Waals surface area contributed by atoms with E-state index < -0.39 is 0 Å². The van der Waals surface area contributed by atoms with Gasteiger partial charge in [0.15, 0.2) is 0 Å². The first kappa shape index (κ1) is 20.0. The van der Waals surface area contributed by atoms with Crippen molar-refractivity contribution in [2.24, 2.45) is 11.8 Å². The monoisotopic (exact) mass is 396 g/mol. The molecule has 0 saturated carbocycles. The molecule has 2 aromatic rings. The molecule has 0 radical (unpaired) electrons. The zero-order valence-corrected chi connectivity index (χ0v) is 17.8. The number of carbonyl (C=O) groups is 1. The third-order valence-electron chi connectivity index (χ3n) is 6.10. The van der Waals surface area contributed by atoms with Crippen LogP contribution in [0.25, 0.3) is 11.3 Å². The van der Waals surface area contributed by atoms with Crippen LogP contribution in [-0.2, 0) is 17.8 Å². The second-order valence-corrected chi connectivity index (χ2v) is 8.65. The van der Waals surface area contributed by atoms with Crippen molar-refractivity contribution in [3.05, 3.63) is 36.3 Å². The third-order valence-corrected chi connectivity index (χ3v) is 6.10. The first-order valence-corrected chi connectivity index (χ1v) is 10.7. The van der Waals surface area contributed by atoms with Crippen molar-refractivity contribution >= 4 is 5.91 Å². The molecule has 0 spiro atoms. The molecular formula is C23H32N4O2. The Labute approximate surface area is 173 Å². The minimum absolute atomic E-state index is 0.0466. The van der Waals surface area contributed by atoms with Crippen molar-refractivity contribution < 1.29 is 9.53 Å². The first-order chi connectivity index (χ1) is 14.0. The van der Waals surface area contributed by atoms with Crippen LogP contribution in [0, 0.1) is 11.8 Å². The van der Waals surface area contributed by atoms with Gasteiger partial charge in [0.05, 0.1) is 24.9 Å². The fourth-order valence-electron chi connectivity index (χ4n) is 4.55. The second-order valence-electron chi connectivity index (χ2n) is 8.65. The van der Waals surface area contributed by atoms with E-state index in [-0.39, 0.29) is 5.92 Å². The van der Waals surface area contributed by atoms with Crippen LogP contribution in [0.1, 0.15) is 26.1 Å². The van der Waals surface area contributed by atoms with E-state index in [1.54, 1.807) is 7.11 Å². The number of piperazine rings is 1. The van der Waals surface area contributed by atoms with Gasteiger partial charge in [0, 0.05) is 51.3 Å². The lowest BCUT2D eigenvalue weighted by Gasteiger charge is -2.38. The SMILES string of the molecule is COc1ccc(-c2cnc3n2CC(C(=O)N2CCN(CC(C)C)CC2)CC3)cc1. The van der Waals surface area contributed by atoms with E-state index >= 15 is 0 Å². The Hall–Kier alpha value is -2.34. The number of nitrogens with zero attached hydrogens (tertiary/aromatic N) is 4. The number of methoxy groups -OCH3 is 1. The fraction of sp³-hybridized carbons (Fsp3) is 0.565. The van der Waals surface area contributed by atoms with E-state index in [0.29, 0.717) is 11.8 Å². The summed E-state index contributed by atoms with van der Waals surface area (Å²) in [5.74, 6) is 2.96. The summed E-state index contributed by atoms with van der Waals surface area (Å²) in [4.78, 5) is 22.4.